The standard InChI is InChI=1S/C12H24N2/c1-2-3-4-5-8-14-9-11-6-7-13-12(11)10-14/h11-13H,2-10H2,1H3/t11-,12+/m0/s1. The zero-order valence-corrected chi connectivity index (χ0v) is 9.47. The third kappa shape index (κ3) is 2.48. The van der Waals surface area contributed by atoms with E-state index in [2.05, 4.69) is 17.1 Å². The summed E-state index contributed by atoms with van der Waals surface area (Å²) >= 11 is 0. The highest BCUT2D eigenvalue weighted by molar-refractivity contribution is 4.93. The maximum atomic E-state index is 3.61. The van der Waals surface area contributed by atoms with Crippen LogP contribution in [0.5, 0.6) is 0 Å². The Morgan fingerprint density at radius 1 is 1.21 bits per heavy atom. The molecule has 0 spiro atoms. The molecule has 0 saturated carbocycles. The molecule has 0 radical (unpaired) electrons. The molecule has 0 aromatic heterocycles. The van der Waals surface area contributed by atoms with E-state index in [1.165, 1.54) is 58.3 Å². The normalized spacial score (nSPS) is 32.4. The minimum Gasteiger partial charge on any atom is -0.312 e. The van der Waals surface area contributed by atoms with Crippen LogP contribution in [-0.2, 0) is 0 Å². The molecule has 2 rings (SSSR count). The second-order valence-corrected chi connectivity index (χ2v) is 4.93. The predicted molar refractivity (Wildman–Crippen MR) is 60.5 cm³/mol. The molecule has 0 amide bonds. The lowest BCUT2D eigenvalue weighted by atomic mass is 10.1. The minimum atomic E-state index is 0.834. The van der Waals surface area contributed by atoms with Crippen molar-refractivity contribution in [2.45, 2.75) is 45.1 Å². The Hall–Kier alpha value is -0.0800. The fourth-order valence-corrected chi connectivity index (χ4v) is 2.88. The number of hydrogen-bond acceptors (Lipinski definition) is 2. The quantitative estimate of drug-likeness (QED) is 0.675. The van der Waals surface area contributed by atoms with Gasteiger partial charge >= 0.3 is 0 Å². The first-order valence-corrected chi connectivity index (χ1v) is 6.36. The zero-order chi connectivity index (χ0) is 9.80. The van der Waals surface area contributed by atoms with Crippen molar-refractivity contribution in [3.8, 4) is 0 Å². The van der Waals surface area contributed by atoms with Gasteiger partial charge in [-0.15, -0.1) is 0 Å². The van der Waals surface area contributed by atoms with Crippen LogP contribution >= 0.6 is 0 Å². The van der Waals surface area contributed by atoms with Crippen LogP contribution in [0, 0.1) is 5.92 Å². The van der Waals surface area contributed by atoms with Crippen molar-refractivity contribution in [3.05, 3.63) is 0 Å². The number of likely N-dealkylation sites (tertiary alicyclic amines) is 1. The first kappa shape index (κ1) is 10.4. The van der Waals surface area contributed by atoms with E-state index < -0.39 is 0 Å². The maximum absolute atomic E-state index is 3.61. The topological polar surface area (TPSA) is 15.3 Å². The summed E-state index contributed by atoms with van der Waals surface area (Å²) in [4.78, 5) is 2.66. The molecule has 0 bridgehead atoms. The average molecular weight is 196 g/mol. The number of unbranched alkanes of at least 4 members (excludes halogenated alkanes) is 3. The van der Waals surface area contributed by atoms with Gasteiger partial charge in [0.15, 0.2) is 0 Å². The van der Waals surface area contributed by atoms with Gasteiger partial charge in [0.2, 0.25) is 0 Å². The van der Waals surface area contributed by atoms with Gasteiger partial charge in [-0.25, -0.2) is 0 Å². The van der Waals surface area contributed by atoms with Gasteiger partial charge in [-0.3, -0.25) is 0 Å². The molecule has 14 heavy (non-hydrogen) atoms. The summed E-state index contributed by atoms with van der Waals surface area (Å²) in [7, 11) is 0. The fourth-order valence-electron chi connectivity index (χ4n) is 2.88. The van der Waals surface area contributed by atoms with Gasteiger partial charge < -0.3 is 10.2 Å². The summed E-state index contributed by atoms with van der Waals surface area (Å²) in [6.45, 7) is 7.57. The fraction of sp³-hybridized carbons (Fsp3) is 1.00. The van der Waals surface area contributed by atoms with E-state index in [-0.39, 0.29) is 0 Å². The largest absolute Gasteiger partial charge is 0.312 e. The van der Waals surface area contributed by atoms with Crippen molar-refractivity contribution in [2.75, 3.05) is 26.2 Å². The first-order chi connectivity index (χ1) is 6.90. The first-order valence-electron chi connectivity index (χ1n) is 6.36. The SMILES string of the molecule is CCCCCCN1C[C@@H]2CCN[C@@H]2C1. The van der Waals surface area contributed by atoms with Gasteiger partial charge in [0.25, 0.3) is 0 Å². The Morgan fingerprint density at radius 2 is 2.14 bits per heavy atom. The minimum absolute atomic E-state index is 0.834. The molecule has 0 unspecified atom stereocenters. The van der Waals surface area contributed by atoms with E-state index in [9.17, 15) is 0 Å². The van der Waals surface area contributed by atoms with Gasteiger partial charge in [-0.2, -0.15) is 0 Å². The molecule has 2 heterocycles. The predicted octanol–water partition coefficient (Wildman–Crippen LogP) is 1.86. The molecule has 2 aliphatic heterocycles. The highest BCUT2D eigenvalue weighted by Gasteiger charge is 2.35. The van der Waals surface area contributed by atoms with Crippen molar-refractivity contribution >= 4 is 0 Å². The summed E-state index contributed by atoms with van der Waals surface area (Å²) in [5.74, 6) is 0.973. The van der Waals surface area contributed by atoms with Crippen LogP contribution < -0.4 is 5.32 Å². The summed E-state index contributed by atoms with van der Waals surface area (Å²) in [6, 6.07) is 0.834. The van der Waals surface area contributed by atoms with Crippen LogP contribution in [-0.4, -0.2) is 37.1 Å². The van der Waals surface area contributed by atoms with Crippen molar-refractivity contribution in [1.82, 2.24) is 10.2 Å². The Kier molecular flexibility index (Phi) is 3.82. The summed E-state index contributed by atoms with van der Waals surface area (Å²) in [5, 5.41) is 3.61. The number of nitrogens with one attached hydrogen (secondary N) is 1. The average Bonchev–Trinajstić information content (AvgIpc) is 2.72. The molecular weight excluding hydrogens is 172 g/mol. The van der Waals surface area contributed by atoms with E-state index in [0.29, 0.717) is 0 Å². The molecule has 2 atom stereocenters. The van der Waals surface area contributed by atoms with Crippen molar-refractivity contribution < 1.29 is 0 Å². The van der Waals surface area contributed by atoms with E-state index in [0.717, 1.165) is 12.0 Å². The Morgan fingerprint density at radius 3 is 2.93 bits per heavy atom. The summed E-state index contributed by atoms with van der Waals surface area (Å²) < 4.78 is 0. The van der Waals surface area contributed by atoms with E-state index >= 15 is 0 Å². The number of nitrogens with zero attached hydrogens (tertiary/aromatic N) is 1. The van der Waals surface area contributed by atoms with Crippen molar-refractivity contribution in [2.24, 2.45) is 5.92 Å². The lowest BCUT2D eigenvalue weighted by Crippen LogP contribution is -2.30. The highest BCUT2D eigenvalue weighted by Crippen LogP contribution is 2.24. The van der Waals surface area contributed by atoms with Crippen LogP contribution in [0.2, 0.25) is 0 Å². The van der Waals surface area contributed by atoms with Crippen molar-refractivity contribution in [3.63, 3.8) is 0 Å². The van der Waals surface area contributed by atoms with E-state index in [1.54, 1.807) is 0 Å². The van der Waals surface area contributed by atoms with Crippen LogP contribution in [0.4, 0.5) is 0 Å². The molecule has 2 heteroatoms. The molecule has 2 nitrogen and oxygen atoms in total. The van der Waals surface area contributed by atoms with Crippen LogP contribution in [0.15, 0.2) is 0 Å². The summed E-state index contributed by atoms with van der Waals surface area (Å²) in [5.41, 5.74) is 0. The van der Waals surface area contributed by atoms with E-state index in [1.807, 2.05) is 0 Å². The lowest BCUT2D eigenvalue weighted by Gasteiger charge is -2.16. The maximum Gasteiger partial charge on any atom is 0.0235 e. The molecule has 1 N–H and O–H groups in total. The van der Waals surface area contributed by atoms with Crippen LogP contribution in [0.25, 0.3) is 0 Å². The van der Waals surface area contributed by atoms with Gasteiger partial charge in [0, 0.05) is 19.1 Å². The zero-order valence-electron chi connectivity index (χ0n) is 9.47. The Bertz CT molecular complexity index is 158. The lowest BCUT2D eigenvalue weighted by molar-refractivity contribution is 0.306. The monoisotopic (exact) mass is 196 g/mol. The summed E-state index contributed by atoms with van der Waals surface area (Å²) in [6.07, 6.45) is 7.02. The molecule has 0 aromatic rings. The van der Waals surface area contributed by atoms with Gasteiger partial charge in [0.1, 0.15) is 0 Å². The van der Waals surface area contributed by atoms with Gasteiger partial charge in [-0.05, 0) is 31.8 Å². The Labute approximate surface area is 88.1 Å². The second-order valence-electron chi connectivity index (χ2n) is 4.93. The smallest absolute Gasteiger partial charge is 0.0235 e. The molecule has 2 saturated heterocycles. The second kappa shape index (κ2) is 5.13. The molecular formula is C12H24N2. The molecule has 0 aromatic carbocycles. The highest BCUT2D eigenvalue weighted by atomic mass is 15.2. The van der Waals surface area contributed by atoms with Crippen molar-refractivity contribution in [1.29, 1.82) is 0 Å². The number of hydrogen-bond donors (Lipinski definition) is 1. The third-order valence-electron chi connectivity index (χ3n) is 3.77. The third-order valence-corrected chi connectivity index (χ3v) is 3.77. The molecule has 0 aliphatic carbocycles. The van der Waals surface area contributed by atoms with E-state index in [4.69, 9.17) is 0 Å². The van der Waals surface area contributed by atoms with Gasteiger partial charge in [-0.1, -0.05) is 26.2 Å². The molecule has 2 aliphatic rings. The number of rotatable bonds is 5. The number of fused-ring (bicyclic) bond motifs is 1. The Balaban J connectivity index is 1.60. The van der Waals surface area contributed by atoms with Gasteiger partial charge in [0.05, 0.1) is 0 Å². The van der Waals surface area contributed by atoms with Crippen LogP contribution in [0.1, 0.15) is 39.0 Å². The molecule has 82 valence electrons. The molecule has 2 fully saturated rings. The van der Waals surface area contributed by atoms with Crippen LogP contribution in [0.3, 0.4) is 0 Å².